The Morgan fingerprint density at radius 1 is 1.31 bits per heavy atom. The van der Waals surface area contributed by atoms with Crippen molar-refractivity contribution in [2.24, 2.45) is 5.73 Å². The van der Waals surface area contributed by atoms with Crippen LogP contribution >= 0.6 is 11.3 Å². The minimum atomic E-state index is -0.371. The first-order valence-electron chi connectivity index (χ1n) is 8.95. The molecule has 138 valence electrons. The maximum atomic E-state index is 11.0. The van der Waals surface area contributed by atoms with Gasteiger partial charge in [0.25, 0.3) is 0 Å². The molecule has 8 heteroatoms. The molecule has 0 spiro atoms. The monoisotopic (exact) mass is 373 g/mol. The van der Waals surface area contributed by atoms with E-state index in [4.69, 9.17) is 10.5 Å². The van der Waals surface area contributed by atoms with Crippen molar-refractivity contribution < 1.29 is 9.53 Å². The summed E-state index contributed by atoms with van der Waals surface area (Å²) in [4.78, 5) is 15.7. The van der Waals surface area contributed by atoms with Gasteiger partial charge < -0.3 is 15.4 Å². The van der Waals surface area contributed by atoms with Crippen molar-refractivity contribution in [1.82, 2.24) is 15.1 Å². The van der Waals surface area contributed by atoms with Gasteiger partial charge in [-0.3, -0.25) is 9.69 Å². The van der Waals surface area contributed by atoms with Crippen LogP contribution in [-0.4, -0.2) is 53.8 Å². The number of rotatable bonds is 5. The van der Waals surface area contributed by atoms with Crippen LogP contribution in [0.15, 0.2) is 18.2 Å². The fourth-order valence-electron chi connectivity index (χ4n) is 3.55. The van der Waals surface area contributed by atoms with Crippen LogP contribution in [0, 0.1) is 0 Å². The van der Waals surface area contributed by atoms with Gasteiger partial charge in [-0.05, 0) is 24.1 Å². The van der Waals surface area contributed by atoms with Gasteiger partial charge >= 0.3 is 0 Å². The number of carbonyl (C=O) groups is 1. The largest absolute Gasteiger partial charge is 0.493 e. The topological polar surface area (TPSA) is 84.6 Å². The first-order valence-corrected chi connectivity index (χ1v) is 9.77. The van der Waals surface area contributed by atoms with Crippen molar-refractivity contribution in [2.75, 3.05) is 37.7 Å². The van der Waals surface area contributed by atoms with Crippen LogP contribution < -0.4 is 15.4 Å². The van der Waals surface area contributed by atoms with E-state index in [1.807, 2.05) is 0 Å². The Bertz CT molecular complexity index is 801. The van der Waals surface area contributed by atoms with E-state index in [0.29, 0.717) is 11.0 Å². The molecule has 2 aromatic rings. The van der Waals surface area contributed by atoms with E-state index in [1.165, 1.54) is 22.5 Å². The molecule has 0 unspecified atom stereocenters. The zero-order valence-electron chi connectivity index (χ0n) is 14.9. The zero-order chi connectivity index (χ0) is 18.1. The van der Waals surface area contributed by atoms with Crippen molar-refractivity contribution in [1.29, 1.82) is 0 Å². The molecule has 0 bridgehead atoms. The Labute approximate surface area is 156 Å². The van der Waals surface area contributed by atoms with Crippen molar-refractivity contribution in [3.05, 3.63) is 34.3 Å². The summed E-state index contributed by atoms with van der Waals surface area (Å²) in [7, 11) is 0. The summed E-state index contributed by atoms with van der Waals surface area (Å²) in [6.45, 7) is 6.77. The summed E-state index contributed by atoms with van der Waals surface area (Å²) in [6.07, 6.45) is 1.18. The molecule has 4 rings (SSSR count). The fraction of sp³-hybridized carbons (Fsp3) is 0.500. The second-order valence-corrected chi connectivity index (χ2v) is 7.83. The van der Waals surface area contributed by atoms with E-state index < -0.39 is 0 Å². The molecule has 7 nitrogen and oxygen atoms in total. The lowest BCUT2D eigenvalue weighted by Crippen LogP contribution is -2.47. The molecule has 1 fully saturated rings. The Balaban J connectivity index is 1.37. The third-order valence-corrected chi connectivity index (χ3v) is 6.10. The Hall–Kier alpha value is -2.19. The summed E-state index contributed by atoms with van der Waals surface area (Å²) in [5.74, 6) is 0.675. The van der Waals surface area contributed by atoms with Crippen LogP contribution in [0.2, 0.25) is 0 Å². The third kappa shape index (κ3) is 3.52. The molecular formula is C18H23N5O2S. The molecule has 1 aromatic carbocycles. The van der Waals surface area contributed by atoms with E-state index in [0.717, 1.165) is 50.1 Å². The van der Waals surface area contributed by atoms with Crippen molar-refractivity contribution >= 4 is 22.4 Å². The predicted molar refractivity (Wildman–Crippen MR) is 101 cm³/mol. The molecule has 3 heterocycles. The zero-order valence-corrected chi connectivity index (χ0v) is 15.7. The number of benzene rings is 1. The van der Waals surface area contributed by atoms with E-state index in [2.05, 4.69) is 45.1 Å². The maximum absolute atomic E-state index is 11.0. The molecule has 1 atom stereocenters. The SMILES string of the molecule is C[C@@H](c1ccc2c(c1)OCC2)N1CCN(c2nnc(CC(N)=O)s2)CC1. The van der Waals surface area contributed by atoms with Crippen LogP contribution in [0.5, 0.6) is 5.75 Å². The number of nitrogens with two attached hydrogens (primary N) is 1. The van der Waals surface area contributed by atoms with E-state index in [1.54, 1.807) is 0 Å². The number of piperazine rings is 1. The highest BCUT2D eigenvalue weighted by molar-refractivity contribution is 7.15. The van der Waals surface area contributed by atoms with Gasteiger partial charge in [-0.2, -0.15) is 0 Å². The molecule has 2 aliphatic rings. The Morgan fingerprint density at radius 2 is 2.12 bits per heavy atom. The number of ether oxygens (including phenoxy) is 1. The summed E-state index contributed by atoms with van der Waals surface area (Å²) < 4.78 is 5.71. The van der Waals surface area contributed by atoms with Crippen molar-refractivity contribution in [2.45, 2.75) is 25.8 Å². The molecule has 0 saturated carbocycles. The van der Waals surface area contributed by atoms with Gasteiger partial charge in [-0.15, -0.1) is 10.2 Å². The maximum Gasteiger partial charge on any atom is 0.224 e. The number of primary amides is 1. The summed E-state index contributed by atoms with van der Waals surface area (Å²) in [6, 6.07) is 6.98. The molecule has 1 saturated heterocycles. The summed E-state index contributed by atoms with van der Waals surface area (Å²) in [5.41, 5.74) is 7.84. The van der Waals surface area contributed by atoms with Gasteiger partial charge in [0.1, 0.15) is 10.8 Å². The van der Waals surface area contributed by atoms with Gasteiger partial charge in [0.2, 0.25) is 11.0 Å². The number of anilines is 1. The molecule has 2 N–H and O–H groups in total. The highest BCUT2D eigenvalue weighted by atomic mass is 32.1. The van der Waals surface area contributed by atoms with Gasteiger partial charge in [-0.1, -0.05) is 23.5 Å². The van der Waals surface area contributed by atoms with Gasteiger partial charge in [-0.25, -0.2) is 0 Å². The Morgan fingerprint density at radius 3 is 2.88 bits per heavy atom. The van der Waals surface area contributed by atoms with Gasteiger partial charge in [0, 0.05) is 38.6 Å². The predicted octanol–water partition coefficient (Wildman–Crippen LogP) is 1.38. The van der Waals surface area contributed by atoms with E-state index in [-0.39, 0.29) is 12.3 Å². The minimum absolute atomic E-state index is 0.162. The molecule has 1 aromatic heterocycles. The normalized spacial score (nSPS) is 18.4. The number of amides is 1. The van der Waals surface area contributed by atoms with Crippen LogP contribution in [0.4, 0.5) is 5.13 Å². The second-order valence-electron chi connectivity index (χ2n) is 6.79. The molecule has 0 aliphatic carbocycles. The molecule has 1 amide bonds. The van der Waals surface area contributed by atoms with Gasteiger partial charge in [0.15, 0.2) is 0 Å². The quantitative estimate of drug-likeness (QED) is 0.852. The van der Waals surface area contributed by atoms with Crippen molar-refractivity contribution in [3.8, 4) is 5.75 Å². The average Bonchev–Trinajstić information content (AvgIpc) is 3.29. The first-order chi connectivity index (χ1) is 12.6. The standard InChI is InChI=1S/C18H23N5O2S/c1-12(14-3-2-13-4-9-25-15(13)10-14)22-5-7-23(8-6-22)18-21-20-17(26-18)11-16(19)24/h2-3,10,12H,4-9,11H2,1H3,(H2,19,24)/t12-/m0/s1. The highest BCUT2D eigenvalue weighted by Gasteiger charge is 2.25. The average molecular weight is 373 g/mol. The van der Waals surface area contributed by atoms with Crippen molar-refractivity contribution in [3.63, 3.8) is 0 Å². The van der Waals surface area contributed by atoms with E-state index in [9.17, 15) is 4.79 Å². The Kier molecular flexibility index (Phi) is 4.78. The molecular weight excluding hydrogens is 350 g/mol. The van der Waals surface area contributed by atoms with E-state index >= 15 is 0 Å². The van der Waals surface area contributed by atoms with Crippen LogP contribution in [0.3, 0.4) is 0 Å². The number of fused-ring (bicyclic) bond motifs is 1. The number of nitrogens with zero attached hydrogens (tertiary/aromatic N) is 4. The molecule has 0 radical (unpaired) electrons. The van der Waals surface area contributed by atoms with Crippen LogP contribution in [0.1, 0.15) is 29.1 Å². The molecule has 26 heavy (non-hydrogen) atoms. The second kappa shape index (κ2) is 7.20. The smallest absolute Gasteiger partial charge is 0.224 e. The molecule has 2 aliphatic heterocycles. The first kappa shape index (κ1) is 17.2. The lowest BCUT2D eigenvalue weighted by atomic mass is 10.0. The number of hydrogen-bond donors (Lipinski definition) is 1. The number of hydrogen-bond acceptors (Lipinski definition) is 7. The summed E-state index contributed by atoms with van der Waals surface area (Å²) >= 11 is 1.46. The van der Waals surface area contributed by atoms with Crippen LogP contribution in [0.25, 0.3) is 0 Å². The minimum Gasteiger partial charge on any atom is -0.493 e. The number of carbonyl (C=O) groups excluding carboxylic acids is 1. The highest BCUT2D eigenvalue weighted by Crippen LogP contribution is 2.31. The lowest BCUT2D eigenvalue weighted by Gasteiger charge is -2.38. The summed E-state index contributed by atoms with van der Waals surface area (Å²) in [5, 5.41) is 9.83. The fourth-order valence-corrected chi connectivity index (χ4v) is 4.45. The number of aromatic nitrogens is 2. The van der Waals surface area contributed by atoms with Gasteiger partial charge in [0.05, 0.1) is 13.0 Å². The third-order valence-electron chi connectivity index (χ3n) is 5.12. The lowest BCUT2D eigenvalue weighted by molar-refractivity contribution is -0.117. The van der Waals surface area contributed by atoms with Crippen LogP contribution in [-0.2, 0) is 17.6 Å².